The summed E-state index contributed by atoms with van der Waals surface area (Å²) in [5.74, 6) is -0.860. The molecule has 0 aromatic heterocycles. The predicted molar refractivity (Wildman–Crippen MR) is 83.2 cm³/mol. The van der Waals surface area contributed by atoms with Crippen LogP contribution in [0.25, 0.3) is 0 Å². The second-order valence-corrected chi connectivity index (χ2v) is 5.05. The van der Waals surface area contributed by atoms with Crippen molar-refractivity contribution in [3.05, 3.63) is 29.8 Å². The van der Waals surface area contributed by atoms with E-state index in [-0.39, 0.29) is 12.3 Å². The monoisotopic (exact) mass is 292 g/mol. The summed E-state index contributed by atoms with van der Waals surface area (Å²) in [6.45, 7) is 0.698. The highest BCUT2D eigenvalue weighted by atomic mass is 16.4. The van der Waals surface area contributed by atoms with Gasteiger partial charge in [-0.3, -0.25) is 9.59 Å². The second kappa shape index (κ2) is 9.94. The molecular weight excluding hydrogens is 268 g/mol. The lowest BCUT2D eigenvalue weighted by Crippen LogP contribution is -2.13. The van der Waals surface area contributed by atoms with Crippen molar-refractivity contribution in [3.63, 3.8) is 0 Å². The van der Waals surface area contributed by atoms with E-state index in [1.54, 1.807) is 0 Å². The highest BCUT2D eigenvalue weighted by Crippen LogP contribution is 2.17. The molecule has 0 bridgehead atoms. The van der Waals surface area contributed by atoms with Crippen molar-refractivity contribution in [2.45, 2.75) is 44.9 Å². The number of aryl methyl sites for hydroxylation is 1. The minimum atomic E-state index is -0.837. The third-order valence-corrected chi connectivity index (χ3v) is 3.26. The Morgan fingerprint density at radius 1 is 1.05 bits per heavy atom. The molecule has 5 nitrogen and oxygen atoms in total. The number of benzene rings is 1. The Labute approximate surface area is 125 Å². The summed E-state index contributed by atoms with van der Waals surface area (Å²) < 4.78 is 0. The fourth-order valence-corrected chi connectivity index (χ4v) is 2.10. The van der Waals surface area contributed by atoms with E-state index < -0.39 is 5.97 Å². The first-order valence-electron chi connectivity index (χ1n) is 7.43. The molecule has 0 saturated heterocycles. The number of carboxylic acids is 1. The van der Waals surface area contributed by atoms with Gasteiger partial charge in [0.25, 0.3) is 0 Å². The smallest absolute Gasteiger partial charge is 0.303 e. The number of para-hydroxylation sites is 1. The summed E-state index contributed by atoms with van der Waals surface area (Å²) in [5, 5.41) is 11.6. The summed E-state index contributed by atoms with van der Waals surface area (Å²) in [7, 11) is 0. The Morgan fingerprint density at radius 2 is 1.76 bits per heavy atom. The summed E-state index contributed by atoms with van der Waals surface area (Å²) in [6, 6.07) is 7.34. The van der Waals surface area contributed by atoms with Gasteiger partial charge in [-0.15, -0.1) is 0 Å². The van der Waals surface area contributed by atoms with Gasteiger partial charge < -0.3 is 16.2 Å². The van der Waals surface area contributed by atoms with E-state index in [0.717, 1.165) is 31.2 Å². The summed E-state index contributed by atoms with van der Waals surface area (Å²) in [4.78, 5) is 22.5. The topological polar surface area (TPSA) is 92.4 Å². The molecule has 0 aliphatic rings. The number of rotatable bonds is 10. The molecule has 0 fully saturated rings. The molecule has 1 amide bonds. The number of nitrogens with two attached hydrogens (primary N) is 1. The number of unbranched alkanes of at least 4 members (excludes halogenated alkanes) is 3. The molecule has 5 heteroatoms. The number of aliphatic carboxylic acids is 1. The van der Waals surface area contributed by atoms with Gasteiger partial charge in [-0.2, -0.15) is 0 Å². The quantitative estimate of drug-likeness (QED) is 0.578. The Balaban J connectivity index is 2.42. The second-order valence-electron chi connectivity index (χ2n) is 5.05. The maximum Gasteiger partial charge on any atom is 0.303 e. The van der Waals surface area contributed by atoms with Crippen molar-refractivity contribution in [2.24, 2.45) is 5.73 Å². The van der Waals surface area contributed by atoms with E-state index in [1.165, 1.54) is 0 Å². The molecule has 21 heavy (non-hydrogen) atoms. The minimum absolute atomic E-state index is 0.0227. The molecule has 0 aliphatic heterocycles. The van der Waals surface area contributed by atoms with Crippen molar-refractivity contribution >= 4 is 17.6 Å². The molecular formula is C16H24N2O3. The van der Waals surface area contributed by atoms with Crippen molar-refractivity contribution in [1.82, 2.24) is 0 Å². The summed E-state index contributed by atoms with van der Waals surface area (Å²) >= 11 is 0. The van der Waals surface area contributed by atoms with Crippen molar-refractivity contribution < 1.29 is 14.7 Å². The van der Waals surface area contributed by atoms with Crippen LogP contribution in [0, 0.1) is 0 Å². The van der Waals surface area contributed by atoms with Crippen molar-refractivity contribution in [1.29, 1.82) is 0 Å². The average Bonchev–Trinajstić information content (AvgIpc) is 2.46. The molecule has 4 N–H and O–H groups in total. The lowest BCUT2D eigenvalue weighted by Gasteiger charge is -2.10. The van der Waals surface area contributed by atoms with Gasteiger partial charge in [-0.05, 0) is 37.4 Å². The van der Waals surface area contributed by atoms with Gasteiger partial charge in [-0.25, -0.2) is 0 Å². The number of hydrogen-bond acceptors (Lipinski definition) is 3. The standard InChI is InChI=1S/C16H24N2O3/c17-12-6-2-1-3-9-15(19)18-14-8-5-4-7-13(14)10-11-16(20)21/h4-5,7-8H,1-3,6,9-12,17H2,(H,18,19)(H,20,21). The van der Waals surface area contributed by atoms with Gasteiger partial charge in [0.15, 0.2) is 0 Å². The van der Waals surface area contributed by atoms with Gasteiger partial charge in [0.2, 0.25) is 5.91 Å². The SMILES string of the molecule is NCCCCCCC(=O)Nc1ccccc1CCC(=O)O. The molecule has 1 aromatic carbocycles. The van der Waals surface area contributed by atoms with E-state index in [0.29, 0.717) is 25.1 Å². The summed E-state index contributed by atoms with van der Waals surface area (Å²) in [5.41, 5.74) is 6.99. The normalized spacial score (nSPS) is 10.3. The first-order valence-corrected chi connectivity index (χ1v) is 7.43. The Kier molecular flexibility index (Phi) is 8.12. The molecule has 0 heterocycles. The van der Waals surface area contributed by atoms with Gasteiger partial charge >= 0.3 is 5.97 Å². The maximum absolute atomic E-state index is 11.9. The van der Waals surface area contributed by atoms with Gasteiger partial charge in [0, 0.05) is 18.5 Å². The first-order chi connectivity index (χ1) is 10.1. The number of nitrogens with one attached hydrogen (secondary N) is 1. The number of carbonyl (C=O) groups is 2. The van der Waals surface area contributed by atoms with E-state index in [4.69, 9.17) is 10.8 Å². The average molecular weight is 292 g/mol. The number of anilines is 1. The van der Waals surface area contributed by atoms with Crippen LogP contribution in [0.15, 0.2) is 24.3 Å². The van der Waals surface area contributed by atoms with Crippen LogP contribution in [0.5, 0.6) is 0 Å². The molecule has 0 radical (unpaired) electrons. The molecule has 0 spiro atoms. The van der Waals surface area contributed by atoms with E-state index in [1.807, 2.05) is 24.3 Å². The Hall–Kier alpha value is -1.88. The highest BCUT2D eigenvalue weighted by Gasteiger charge is 2.08. The Bertz CT molecular complexity index is 461. The molecule has 1 aromatic rings. The zero-order valence-electron chi connectivity index (χ0n) is 12.3. The van der Waals surface area contributed by atoms with Gasteiger partial charge in [0.05, 0.1) is 0 Å². The molecule has 0 aliphatic carbocycles. The third-order valence-electron chi connectivity index (χ3n) is 3.26. The van der Waals surface area contributed by atoms with Crippen molar-refractivity contribution in [2.75, 3.05) is 11.9 Å². The summed E-state index contributed by atoms with van der Waals surface area (Å²) in [6.07, 6.45) is 4.87. The minimum Gasteiger partial charge on any atom is -0.481 e. The lowest BCUT2D eigenvalue weighted by atomic mass is 10.1. The fraction of sp³-hybridized carbons (Fsp3) is 0.500. The largest absolute Gasteiger partial charge is 0.481 e. The molecule has 0 saturated carbocycles. The first kappa shape index (κ1) is 17.2. The van der Waals surface area contributed by atoms with Crippen LogP contribution in [0.3, 0.4) is 0 Å². The Morgan fingerprint density at radius 3 is 2.48 bits per heavy atom. The zero-order chi connectivity index (χ0) is 15.5. The zero-order valence-corrected chi connectivity index (χ0v) is 12.3. The van der Waals surface area contributed by atoms with Crippen LogP contribution in [0.1, 0.15) is 44.1 Å². The highest BCUT2D eigenvalue weighted by molar-refractivity contribution is 5.91. The van der Waals surface area contributed by atoms with Gasteiger partial charge in [0.1, 0.15) is 0 Å². The molecule has 0 unspecified atom stereocenters. The van der Waals surface area contributed by atoms with Crippen LogP contribution in [0.4, 0.5) is 5.69 Å². The number of amides is 1. The van der Waals surface area contributed by atoms with E-state index >= 15 is 0 Å². The van der Waals surface area contributed by atoms with E-state index in [2.05, 4.69) is 5.32 Å². The predicted octanol–water partition coefficient (Wildman–Crippen LogP) is 2.55. The maximum atomic E-state index is 11.9. The fourth-order valence-electron chi connectivity index (χ4n) is 2.10. The van der Waals surface area contributed by atoms with Crippen LogP contribution in [0.2, 0.25) is 0 Å². The van der Waals surface area contributed by atoms with Crippen LogP contribution in [-0.4, -0.2) is 23.5 Å². The number of carbonyl (C=O) groups excluding carboxylic acids is 1. The number of hydrogen-bond donors (Lipinski definition) is 3. The van der Waals surface area contributed by atoms with E-state index in [9.17, 15) is 9.59 Å². The lowest BCUT2D eigenvalue weighted by molar-refractivity contribution is -0.136. The third kappa shape index (κ3) is 7.46. The van der Waals surface area contributed by atoms with Crippen LogP contribution < -0.4 is 11.1 Å². The molecule has 0 atom stereocenters. The van der Waals surface area contributed by atoms with Gasteiger partial charge in [-0.1, -0.05) is 31.0 Å². The molecule has 116 valence electrons. The van der Waals surface area contributed by atoms with Crippen LogP contribution in [-0.2, 0) is 16.0 Å². The molecule has 1 rings (SSSR count). The van der Waals surface area contributed by atoms with Crippen LogP contribution >= 0.6 is 0 Å². The number of carboxylic acid groups (broad SMARTS) is 1. The van der Waals surface area contributed by atoms with Crippen molar-refractivity contribution in [3.8, 4) is 0 Å².